The van der Waals surface area contributed by atoms with Gasteiger partial charge in [0.15, 0.2) is 0 Å². The standard InChI is InChI=1S/C20H40O7P2/c1-17(2)9-6-10-18(3)11-7-12-19(4)13-8-14-20(5)15-16-26-29(24,25)27-28(21,22)23/h13,15,17-18H,6-12,14,16H2,1-5H3,(H,24,25)(H2,21,22,23)/b19-13+,20-15+. The molecular formula is C20H40O7P2. The van der Waals surface area contributed by atoms with Gasteiger partial charge in [-0.25, -0.2) is 9.13 Å². The third-order valence-electron chi connectivity index (χ3n) is 4.66. The van der Waals surface area contributed by atoms with Crippen LogP contribution >= 0.6 is 15.6 Å². The molecular weight excluding hydrogens is 414 g/mol. The number of phosphoric acid groups is 2. The highest BCUT2D eigenvalue weighted by Gasteiger charge is 2.31. The van der Waals surface area contributed by atoms with Crippen molar-refractivity contribution >= 4 is 15.6 Å². The molecule has 0 bridgehead atoms. The van der Waals surface area contributed by atoms with Crippen LogP contribution in [0.15, 0.2) is 23.3 Å². The molecule has 0 amide bonds. The van der Waals surface area contributed by atoms with E-state index in [0.29, 0.717) is 0 Å². The molecule has 0 aromatic carbocycles. The Morgan fingerprint density at radius 2 is 1.48 bits per heavy atom. The fraction of sp³-hybridized carbons (Fsp3) is 0.800. The Kier molecular flexibility index (Phi) is 14.6. The van der Waals surface area contributed by atoms with E-state index < -0.39 is 15.6 Å². The fourth-order valence-corrected chi connectivity index (χ4v) is 4.46. The number of rotatable bonds is 16. The quantitative estimate of drug-likeness (QED) is 0.180. The third-order valence-corrected chi connectivity index (χ3v) is 6.81. The molecule has 0 heterocycles. The molecule has 0 fully saturated rings. The number of hydrogen-bond donors (Lipinski definition) is 3. The Morgan fingerprint density at radius 3 is 2.07 bits per heavy atom. The SMILES string of the molecule is C/C(=C\COP(=O)(O)OP(=O)(O)O)CC/C=C(\C)CCCC(C)CCCC(C)C. The molecule has 0 saturated heterocycles. The minimum atomic E-state index is -5.07. The third kappa shape index (κ3) is 19.4. The highest BCUT2D eigenvalue weighted by molar-refractivity contribution is 7.60. The van der Waals surface area contributed by atoms with Crippen molar-refractivity contribution < 1.29 is 32.6 Å². The minimum Gasteiger partial charge on any atom is -0.302 e. The van der Waals surface area contributed by atoms with Crippen LogP contribution in [0.25, 0.3) is 0 Å². The van der Waals surface area contributed by atoms with Crippen LogP contribution in [0, 0.1) is 11.8 Å². The van der Waals surface area contributed by atoms with Crippen molar-refractivity contribution in [3.8, 4) is 0 Å². The first kappa shape index (κ1) is 28.7. The average molecular weight is 454 g/mol. The molecule has 7 nitrogen and oxygen atoms in total. The van der Waals surface area contributed by atoms with Gasteiger partial charge in [-0.3, -0.25) is 4.52 Å². The lowest BCUT2D eigenvalue weighted by molar-refractivity contribution is 0.191. The summed E-state index contributed by atoms with van der Waals surface area (Å²) in [6.45, 7) is 10.6. The highest BCUT2D eigenvalue weighted by atomic mass is 31.3. The maximum absolute atomic E-state index is 11.3. The molecule has 0 rings (SSSR count). The Bertz CT molecular complexity index is 608. The molecule has 3 N–H and O–H groups in total. The summed E-state index contributed by atoms with van der Waals surface area (Å²) >= 11 is 0. The Hall–Kier alpha value is -0.260. The molecule has 0 aliphatic rings. The van der Waals surface area contributed by atoms with Crippen molar-refractivity contribution in [3.05, 3.63) is 23.3 Å². The van der Waals surface area contributed by atoms with Crippen LogP contribution < -0.4 is 0 Å². The summed E-state index contributed by atoms with van der Waals surface area (Å²) in [5, 5.41) is 0. The van der Waals surface area contributed by atoms with Gasteiger partial charge in [-0.15, -0.1) is 0 Å². The van der Waals surface area contributed by atoms with Crippen molar-refractivity contribution in [1.29, 1.82) is 0 Å². The van der Waals surface area contributed by atoms with Gasteiger partial charge in [0.2, 0.25) is 0 Å². The zero-order chi connectivity index (χ0) is 22.5. The van der Waals surface area contributed by atoms with E-state index in [1.54, 1.807) is 6.08 Å². The zero-order valence-corrected chi connectivity index (χ0v) is 20.3. The summed E-state index contributed by atoms with van der Waals surface area (Å²) in [5.41, 5.74) is 2.34. The van der Waals surface area contributed by atoms with E-state index in [9.17, 15) is 14.0 Å². The summed E-state index contributed by atoms with van der Waals surface area (Å²) in [6, 6.07) is 0. The normalized spacial score (nSPS) is 16.9. The van der Waals surface area contributed by atoms with E-state index >= 15 is 0 Å². The van der Waals surface area contributed by atoms with Crippen LogP contribution in [0.5, 0.6) is 0 Å². The molecule has 0 spiro atoms. The van der Waals surface area contributed by atoms with Gasteiger partial charge in [-0.05, 0) is 51.4 Å². The lowest BCUT2D eigenvalue weighted by atomic mass is 9.94. The van der Waals surface area contributed by atoms with Crippen LogP contribution in [0.2, 0.25) is 0 Å². The molecule has 0 aromatic rings. The lowest BCUT2D eigenvalue weighted by Gasteiger charge is -2.12. The van der Waals surface area contributed by atoms with Crippen molar-refractivity contribution in [1.82, 2.24) is 0 Å². The predicted molar refractivity (Wildman–Crippen MR) is 117 cm³/mol. The predicted octanol–water partition coefficient (Wildman–Crippen LogP) is 6.52. The summed E-state index contributed by atoms with van der Waals surface area (Å²) in [5.74, 6) is 1.57. The summed E-state index contributed by atoms with van der Waals surface area (Å²) in [4.78, 5) is 26.3. The first-order valence-corrected chi connectivity index (χ1v) is 13.4. The van der Waals surface area contributed by atoms with Crippen molar-refractivity contribution in [2.24, 2.45) is 11.8 Å². The van der Waals surface area contributed by atoms with E-state index in [4.69, 9.17) is 9.79 Å². The van der Waals surface area contributed by atoms with Crippen LogP contribution in [0.1, 0.15) is 86.0 Å². The van der Waals surface area contributed by atoms with Crippen molar-refractivity contribution in [2.75, 3.05) is 6.61 Å². The Labute approximate surface area is 176 Å². The molecule has 2 atom stereocenters. The Morgan fingerprint density at radius 1 is 0.897 bits per heavy atom. The maximum atomic E-state index is 11.3. The number of allylic oxidation sites excluding steroid dienone is 3. The van der Waals surface area contributed by atoms with Crippen molar-refractivity contribution in [2.45, 2.75) is 86.0 Å². The summed E-state index contributed by atoms with van der Waals surface area (Å²) in [7, 11) is -9.84. The fourth-order valence-electron chi connectivity index (χ4n) is 2.93. The van der Waals surface area contributed by atoms with E-state index in [1.165, 1.54) is 37.7 Å². The zero-order valence-electron chi connectivity index (χ0n) is 18.5. The second-order valence-corrected chi connectivity index (χ2v) is 11.1. The van der Waals surface area contributed by atoms with Gasteiger partial charge in [0.05, 0.1) is 6.61 Å². The highest BCUT2D eigenvalue weighted by Crippen LogP contribution is 2.57. The van der Waals surface area contributed by atoms with Gasteiger partial charge in [0.25, 0.3) is 0 Å². The summed E-state index contributed by atoms with van der Waals surface area (Å²) in [6.07, 6.45) is 13.0. The lowest BCUT2D eigenvalue weighted by Crippen LogP contribution is -1.97. The van der Waals surface area contributed by atoms with E-state index in [0.717, 1.165) is 36.7 Å². The minimum absolute atomic E-state index is 0.253. The van der Waals surface area contributed by atoms with Crippen LogP contribution in [0.3, 0.4) is 0 Å². The molecule has 0 aliphatic heterocycles. The second-order valence-electron chi connectivity index (χ2n) is 8.30. The second kappa shape index (κ2) is 14.7. The van der Waals surface area contributed by atoms with Gasteiger partial charge in [-0.2, -0.15) is 4.31 Å². The van der Waals surface area contributed by atoms with Gasteiger partial charge in [0, 0.05) is 0 Å². The van der Waals surface area contributed by atoms with Crippen LogP contribution in [-0.2, 0) is 18.0 Å². The molecule has 9 heteroatoms. The number of phosphoric ester groups is 1. The van der Waals surface area contributed by atoms with Crippen molar-refractivity contribution in [3.63, 3.8) is 0 Å². The maximum Gasteiger partial charge on any atom is 0.481 e. The number of hydrogen-bond acceptors (Lipinski definition) is 4. The van der Waals surface area contributed by atoms with Gasteiger partial charge < -0.3 is 14.7 Å². The smallest absolute Gasteiger partial charge is 0.302 e. The first-order valence-electron chi connectivity index (χ1n) is 10.4. The average Bonchev–Trinajstić information content (AvgIpc) is 2.51. The first-order chi connectivity index (χ1) is 13.3. The largest absolute Gasteiger partial charge is 0.481 e. The molecule has 0 aromatic heterocycles. The van der Waals surface area contributed by atoms with Gasteiger partial charge in [0.1, 0.15) is 0 Å². The molecule has 0 saturated carbocycles. The molecule has 2 unspecified atom stereocenters. The monoisotopic (exact) mass is 454 g/mol. The van der Waals surface area contributed by atoms with E-state index in [-0.39, 0.29) is 6.61 Å². The molecule has 172 valence electrons. The van der Waals surface area contributed by atoms with Gasteiger partial charge in [-0.1, -0.05) is 69.8 Å². The van der Waals surface area contributed by atoms with E-state index in [2.05, 4.69) is 42.6 Å². The molecule has 0 aliphatic carbocycles. The van der Waals surface area contributed by atoms with Crippen LogP contribution in [0.4, 0.5) is 0 Å². The van der Waals surface area contributed by atoms with Gasteiger partial charge >= 0.3 is 15.6 Å². The van der Waals surface area contributed by atoms with E-state index in [1.807, 2.05) is 6.92 Å². The molecule has 0 radical (unpaired) electrons. The summed E-state index contributed by atoms with van der Waals surface area (Å²) < 4.78 is 30.1. The molecule has 29 heavy (non-hydrogen) atoms. The Balaban J connectivity index is 4.04. The topological polar surface area (TPSA) is 113 Å². The van der Waals surface area contributed by atoms with Crippen LogP contribution in [-0.4, -0.2) is 21.3 Å².